The number of hydrogen-bond donors (Lipinski definition) is 0. The Morgan fingerprint density at radius 3 is 2.73 bits per heavy atom. The van der Waals surface area contributed by atoms with Gasteiger partial charge in [0.1, 0.15) is 16.4 Å². The Bertz CT molecular complexity index is 845. The quantitative estimate of drug-likeness (QED) is 0.682. The first kappa shape index (κ1) is 14.9. The van der Waals surface area contributed by atoms with Crippen molar-refractivity contribution in [1.29, 1.82) is 0 Å². The molecular weight excluding hydrogens is 294 g/mol. The predicted octanol–water partition coefficient (Wildman–Crippen LogP) is 4.09. The zero-order chi connectivity index (χ0) is 15.9. The Hall–Kier alpha value is -2.01. The Balaban J connectivity index is 2.14. The Morgan fingerprint density at radius 1 is 1.32 bits per heavy atom. The van der Waals surface area contributed by atoms with Crippen molar-refractivity contribution in [3.05, 3.63) is 40.0 Å². The molecule has 5 heteroatoms. The molecule has 4 nitrogen and oxygen atoms in total. The minimum absolute atomic E-state index is 0.535. The molecule has 22 heavy (non-hydrogen) atoms. The van der Waals surface area contributed by atoms with Gasteiger partial charge in [-0.3, -0.25) is 4.79 Å². The van der Waals surface area contributed by atoms with E-state index in [4.69, 9.17) is 0 Å². The number of aldehydes is 1. The third-order valence-electron chi connectivity index (χ3n) is 3.61. The van der Waals surface area contributed by atoms with Crippen molar-refractivity contribution in [3.63, 3.8) is 0 Å². The van der Waals surface area contributed by atoms with Gasteiger partial charge in [0, 0.05) is 12.0 Å². The molecule has 0 atom stereocenters. The smallest absolute Gasteiger partial charge is 0.213 e. The van der Waals surface area contributed by atoms with E-state index in [0.717, 1.165) is 39.5 Å². The van der Waals surface area contributed by atoms with Gasteiger partial charge in [-0.1, -0.05) is 48.9 Å². The van der Waals surface area contributed by atoms with Crippen LogP contribution in [0.3, 0.4) is 0 Å². The number of imidazole rings is 1. The highest BCUT2D eigenvalue weighted by atomic mass is 32.1. The van der Waals surface area contributed by atoms with Gasteiger partial charge in [0.15, 0.2) is 6.29 Å². The van der Waals surface area contributed by atoms with Gasteiger partial charge < -0.3 is 0 Å². The number of carbonyl (C=O) groups is 1. The van der Waals surface area contributed by atoms with Gasteiger partial charge in [0.05, 0.1) is 0 Å². The van der Waals surface area contributed by atoms with Crippen LogP contribution in [-0.2, 0) is 6.42 Å². The largest absolute Gasteiger partial charge is 0.296 e. The Labute approximate surface area is 133 Å². The second-order valence-corrected chi connectivity index (χ2v) is 7.11. The summed E-state index contributed by atoms with van der Waals surface area (Å²) in [5.74, 6) is 0.536. The van der Waals surface area contributed by atoms with E-state index in [-0.39, 0.29) is 0 Å². The summed E-state index contributed by atoms with van der Waals surface area (Å²) in [5.41, 5.74) is 4.58. The summed E-state index contributed by atoms with van der Waals surface area (Å²) < 4.78 is 1.68. The summed E-state index contributed by atoms with van der Waals surface area (Å²) in [5, 5.41) is 5.58. The minimum atomic E-state index is 0.535. The average Bonchev–Trinajstić information content (AvgIpc) is 2.94. The molecular formula is C17H19N3OS. The van der Waals surface area contributed by atoms with E-state index in [0.29, 0.717) is 11.6 Å². The number of nitrogens with zero attached hydrogens (tertiary/aromatic N) is 3. The maximum absolute atomic E-state index is 11.6. The van der Waals surface area contributed by atoms with Gasteiger partial charge in [-0.25, -0.2) is 4.98 Å². The monoisotopic (exact) mass is 313 g/mol. The molecule has 0 bridgehead atoms. The lowest BCUT2D eigenvalue weighted by Crippen LogP contribution is -1.98. The topological polar surface area (TPSA) is 47.3 Å². The molecule has 0 aliphatic heterocycles. The highest BCUT2D eigenvalue weighted by Gasteiger charge is 2.19. The molecule has 1 aromatic carbocycles. The lowest BCUT2D eigenvalue weighted by atomic mass is 10.0. The molecule has 0 amide bonds. The molecule has 2 aromatic heterocycles. The summed E-state index contributed by atoms with van der Waals surface area (Å²) in [7, 11) is 0. The molecule has 0 fully saturated rings. The van der Waals surface area contributed by atoms with Crippen LogP contribution in [-0.4, -0.2) is 20.9 Å². The van der Waals surface area contributed by atoms with Crippen LogP contribution in [0.5, 0.6) is 0 Å². The first-order valence-corrected chi connectivity index (χ1v) is 8.22. The van der Waals surface area contributed by atoms with E-state index in [9.17, 15) is 4.79 Å². The van der Waals surface area contributed by atoms with Gasteiger partial charge >= 0.3 is 0 Å². The van der Waals surface area contributed by atoms with Crippen LogP contribution in [0.15, 0.2) is 18.2 Å². The normalized spacial score (nSPS) is 11.5. The zero-order valence-corrected chi connectivity index (χ0v) is 14.1. The van der Waals surface area contributed by atoms with E-state index in [2.05, 4.69) is 36.9 Å². The second kappa shape index (κ2) is 5.65. The van der Waals surface area contributed by atoms with E-state index < -0.39 is 0 Å². The summed E-state index contributed by atoms with van der Waals surface area (Å²) in [6, 6.07) is 6.18. The van der Waals surface area contributed by atoms with Gasteiger partial charge in [-0.2, -0.15) is 9.61 Å². The predicted molar refractivity (Wildman–Crippen MR) is 89.7 cm³/mol. The first-order chi connectivity index (χ1) is 10.5. The van der Waals surface area contributed by atoms with Gasteiger partial charge in [-0.15, -0.1) is 0 Å². The fourth-order valence-corrected chi connectivity index (χ4v) is 3.73. The molecule has 0 radical (unpaired) electrons. The van der Waals surface area contributed by atoms with Crippen molar-refractivity contribution in [3.8, 4) is 11.3 Å². The molecule has 0 N–H and O–H groups in total. The SMILES string of the molecule is Cc1ccc(-c2nc3sc(CC(C)C)nn3c2C=O)c(C)c1. The van der Waals surface area contributed by atoms with Gasteiger partial charge in [-0.05, 0) is 25.3 Å². The van der Waals surface area contributed by atoms with Crippen molar-refractivity contribution >= 4 is 22.6 Å². The van der Waals surface area contributed by atoms with Crippen LogP contribution in [0.4, 0.5) is 0 Å². The third-order valence-corrected chi connectivity index (χ3v) is 4.54. The van der Waals surface area contributed by atoms with Gasteiger partial charge in [0.25, 0.3) is 0 Å². The van der Waals surface area contributed by atoms with Crippen LogP contribution in [0.2, 0.25) is 0 Å². The van der Waals surface area contributed by atoms with E-state index in [1.54, 1.807) is 15.9 Å². The number of carbonyl (C=O) groups excluding carboxylic acids is 1. The second-order valence-electron chi connectivity index (χ2n) is 6.07. The molecule has 3 aromatic rings. The van der Waals surface area contributed by atoms with Crippen LogP contribution in [0.1, 0.15) is 40.5 Å². The number of aryl methyl sites for hydroxylation is 2. The molecule has 0 unspecified atom stereocenters. The van der Waals surface area contributed by atoms with Crippen LogP contribution >= 0.6 is 11.3 Å². The maximum Gasteiger partial charge on any atom is 0.213 e. The average molecular weight is 313 g/mol. The number of rotatable bonds is 4. The summed E-state index contributed by atoms with van der Waals surface area (Å²) in [4.78, 5) is 17.0. The highest BCUT2D eigenvalue weighted by Crippen LogP contribution is 2.29. The van der Waals surface area contributed by atoms with Crippen LogP contribution in [0, 0.1) is 19.8 Å². The van der Waals surface area contributed by atoms with E-state index in [1.807, 2.05) is 19.1 Å². The molecule has 0 spiro atoms. The van der Waals surface area contributed by atoms with Gasteiger partial charge in [0.2, 0.25) is 4.96 Å². The molecule has 0 aliphatic rings. The number of benzene rings is 1. The molecule has 2 heterocycles. The molecule has 3 rings (SSSR count). The number of fused-ring (bicyclic) bond motifs is 1. The minimum Gasteiger partial charge on any atom is -0.296 e. The standard InChI is InChI=1S/C17H19N3OS/c1-10(2)7-15-19-20-14(9-21)16(18-17(20)22-15)13-6-5-11(3)8-12(13)4/h5-6,8-10H,7H2,1-4H3. The highest BCUT2D eigenvalue weighted by molar-refractivity contribution is 7.16. The van der Waals surface area contributed by atoms with Crippen molar-refractivity contribution in [2.24, 2.45) is 5.92 Å². The number of hydrogen-bond acceptors (Lipinski definition) is 4. The first-order valence-electron chi connectivity index (χ1n) is 7.41. The van der Waals surface area contributed by atoms with Crippen LogP contribution in [0.25, 0.3) is 16.2 Å². The molecule has 114 valence electrons. The van der Waals surface area contributed by atoms with Crippen molar-refractivity contribution < 1.29 is 4.79 Å². The van der Waals surface area contributed by atoms with E-state index in [1.165, 1.54) is 5.56 Å². The summed E-state index contributed by atoms with van der Waals surface area (Å²) in [6.07, 6.45) is 1.76. The number of aromatic nitrogens is 3. The lowest BCUT2D eigenvalue weighted by Gasteiger charge is -2.05. The third kappa shape index (κ3) is 2.57. The molecule has 0 aliphatic carbocycles. The van der Waals surface area contributed by atoms with Crippen molar-refractivity contribution in [2.75, 3.05) is 0 Å². The lowest BCUT2D eigenvalue weighted by molar-refractivity contribution is 0.111. The fraction of sp³-hybridized carbons (Fsp3) is 0.353. The van der Waals surface area contributed by atoms with Crippen molar-refractivity contribution in [1.82, 2.24) is 14.6 Å². The Kier molecular flexibility index (Phi) is 3.83. The molecule has 0 saturated carbocycles. The maximum atomic E-state index is 11.6. The van der Waals surface area contributed by atoms with Crippen LogP contribution < -0.4 is 0 Å². The fourth-order valence-electron chi connectivity index (χ4n) is 2.62. The van der Waals surface area contributed by atoms with E-state index >= 15 is 0 Å². The Morgan fingerprint density at radius 2 is 2.09 bits per heavy atom. The zero-order valence-electron chi connectivity index (χ0n) is 13.3. The summed E-state index contributed by atoms with van der Waals surface area (Å²) in [6.45, 7) is 8.42. The van der Waals surface area contributed by atoms with Crippen molar-refractivity contribution in [2.45, 2.75) is 34.1 Å². The summed E-state index contributed by atoms with van der Waals surface area (Å²) >= 11 is 1.56. The molecule has 0 saturated heterocycles.